The van der Waals surface area contributed by atoms with Gasteiger partial charge in [-0.05, 0) is 0 Å². The van der Waals surface area contributed by atoms with Crippen LogP contribution in [0, 0.1) is 0 Å². The van der Waals surface area contributed by atoms with Gasteiger partial charge >= 0.3 is 71.0 Å². The number of rotatable bonds is 6. The molecule has 0 atom stereocenters. The Morgan fingerprint density at radius 1 is 0.889 bits per heavy atom. The fourth-order valence-corrected chi connectivity index (χ4v) is 5.72. The standard InChI is InChI=1S/2C4H9.Bi/c2*1-3-4-2;/h2*1,3-4H2,2H3;/q;;+2. The molecule has 53 valence electrons. The third-order valence-corrected chi connectivity index (χ3v) is 6.26. The molecule has 0 aromatic heterocycles. The average molecular weight is 323 g/mol. The van der Waals surface area contributed by atoms with Crippen molar-refractivity contribution < 1.29 is 0 Å². The molecule has 0 aliphatic rings. The first-order chi connectivity index (χ1) is 4.41. The first kappa shape index (κ1) is 9.88. The van der Waals surface area contributed by atoms with Crippen LogP contribution in [0.2, 0.25) is 8.26 Å². The van der Waals surface area contributed by atoms with Gasteiger partial charge in [0.05, 0.1) is 0 Å². The molecule has 0 saturated heterocycles. The number of unbranched alkanes of at least 4 members (excludes halogenated alkanes) is 2. The predicted octanol–water partition coefficient (Wildman–Crippen LogP) is 3.13. The topological polar surface area (TPSA) is 0 Å². The van der Waals surface area contributed by atoms with Gasteiger partial charge in [0.15, 0.2) is 0 Å². The fraction of sp³-hybridized carbons (Fsp3) is 1.00. The summed E-state index contributed by atoms with van der Waals surface area (Å²) in [7, 11) is 0. The second-order valence-electron chi connectivity index (χ2n) is 2.38. The van der Waals surface area contributed by atoms with E-state index in [9.17, 15) is 0 Å². The third-order valence-electron chi connectivity index (χ3n) is 1.34. The normalized spacial score (nSPS) is 9.56. The maximum absolute atomic E-state index is 2.29. The molecule has 0 saturated carbocycles. The van der Waals surface area contributed by atoms with E-state index in [1.54, 1.807) is 8.26 Å². The molecule has 0 nitrogen and oxygen atoms in total. The molecule has 9 heavy (non-hydrogen) atoms. The molecule has 0 heterocycles. The van der Waals surface area contributed by atoms with Crippen LogP contribution >= 0.6 is 0 Å². The molecule has 0 spiro atoms. The van der Waals surface area contributed by atoms with E-state index < -0.39 is 0 Å². The van der Waals surface area contributed by atoms with Crippen molar-refractivity contribution in [1.82, 2.24) is 0 Å². The molecule has 0 unspecified atom stereocenters. The Bertz CT molecular complexity index is 37.8. The van der Waals surface area contributed by atoms with Crippen LogP contribution in [0.25, 0.3) is 0 Å². The Kier molecular flexibility index (Phi) is 9.75. The summed E-state index contributed by atoms with van der Waals surface area (Å²) in [4.78, 5) is 0. The molecule has 0 N–H and O–H groups in total. The van der Waals surface area contributed by atoms with Gasteiger partial charge in [-0.25, -0.2) is 0 Å². The van der Waals surface area contributed by atoms with Crippen molar-refractivity contribution in [2.45, 2.75) is 47.8 Å². The summed E-state index contributed by atoms with van der Waals surface area (Å²) < 4.78 is 3.27. The van der Waals surface area contributed by atoms with Gasteiger partial charge in [0.2, 0.25) is 0 Å². The predicted molar refractivity (Wildman–Crippen MR) is 45.2 cm³/mol. The van der Waals surface area contributed by atoms with Crippen molar-refractivity contribution in [1.29, 1.82) is 0 Å². The van der Waals surface area contributed by atoms with E-state index in [2.05, 4.69) is 13.8 Å². The van der Waals surface area contributed by atoms with E-state index >= 15 is 0 Å². The Balaban J connectivity index is 2.60. The van der Waals surface area contributed by atoms with Crippen molar-refractivity contribution in [2.24, 2.45) is 0 Å². The van der Waals surface area contributed by atoms with Gasteiger partial charge < -0.3 is 0 Å². The van der Waals surface area contributed by atoms with Gasteiger partial charge in [0.25, 0.3) is 0 Å². The van der Waals surface area contributed by atoms with Crippen LogP contribution in [-0.4, -0.2) is 23.2 Å². The monoisotopic (exact) mass is 323 g/mol. The van der Waals surface area contributed by atoms with Crippen LogP contribution in [0.1, 0.15) is 39.5 Å². The van der Waals surface area contributed by atoms with E-state index in [0.29, 0.717) is 0 Å². The molecular formula is C8H18Bi+2. The van der Waals surface area contributed by atoms with Gasteiger partial charge in [-0.1, -0.05) is 0 Å². The summed E-state index contributed by atoms with van der Waals surface area (Å²) in [6.45, 7) is 4.59. The molecule has 1 radical (unpaired) electrons. The Hall–Kier alpha value is 0.883. The molecule has 0 aliphatic heterocycles. The summed E-state index contributed by atoms with van der Waals surface area (Å²) in [6, 6.07) is 0. The Labute approximate surface area is 71.0 Å². The second kappa shape index (κ2) is 8.88. The van der Waals surface area contributed by atoms with E-state index in [1.807, 2.05) is 0 Å². The first-order valence-electron chi connectivity index (χ1n) is 4.05. The summed E-state index contributed by atoms with van der Waals surface area (Å²) in [6.07, 6.45) is 5.85. The van der Waals surface area contributed by atoms with Crippen molar-refractivity contribution in [3.05, 3.63) is 0 Å². The zero-order valence-corrected chi connectivity index (χ0v) is 10.2. The van der Waals surface area contributed by atoms with Gasteiger partial charge in [-0.15, -0.1) is 0 Å². The van der Waals surface area contributed by atoms with E-state index in [0.717, 1.165) is 0 Å². The molecule has 0 amide bonds. The molecule has 0 aromatic rings. The zero-order valence-electron chi connectivity index (χ0n) is 6.69. The van der Waals surface area contributed by atoms with Crippen molar-refractivity contribution in [2.75, 3.05) is 0 Å². The van der Waals surface area contributed by atoms with Gasteiger partial charge in [-0.2, -0.15) is 0 Å². The molecule has 0 aromatic carbocycles. The van der Waals surface area contributed by atoms with Crippen LogP contribution in [0.4, 0.5) is 0 Å². The third kappa shape index (κ3) is 8.88. The first-order valence-corrected chi connectivity index (χ1v) is 8.96. The molecule has 1 heteroatoms. The van der Waals surface area contributed by atoms with Crippen LogP contribution in [0.15, 0.2) is 0 Å². The zero-order chi connectivity index (χ0) is 6.95. The van der Waals surface area contributed by atoms with Crippen LogP contribution in [0.3, 0.4) is 0 Å². The SMILES string of the molecule is CCC[CH2][Bi+2][CH2]CCC. The molecule has 0 fully saturated rings. The maximum atomic E-state index is 2.29. The van der Waals surface area contributed by atoms with Gasteiger partial charge in [-0.3, -0.25) is 0 Å². The minimum absolute atomic E-state index is 0.0681. The quantitative estimate of drug-likeness (QED) is 0.520. The minimum atomic E-state index is 0.0681. The van der Waals surface area contributed by atoms with E-state index in [1.165, 1.54) is 25.7 Å². The average Bonchev–Trinajstić information content (AvgIpc) is 1.89. The fourth-order valence-electron chi connectivity index (χ4n) is 0.652. The Morgan fingerprint density at radius 2 is 1.33 bits per heavy atom. The molecule has 0 rings (SSSR count). The molecule has 0 bridgehead atoms. The van der Waals surface area contributed by atoms with Crippen LogP contribution in [0.5, 0.6) is 0 Å². The number of hydrogen-bond donors (Lipinski definition) is 0. The van der Waals surface area contributed by atoms with Crippen molar-refractivity contribution >= 4 is 23.2 Å². The van der Waals surface area contributed by atoms with Gasteiger partial charge in [0.1, 0.15) is 0 Å². The summed E-state index contributed by atoms with van der Waals surface area (Å²) in [5, 5.41) is 0. The van der Waals surface area contributed by atoms with E-state index in [4.69, 9.17) is 0 Å². The Morgan fingerprint density at radius 3 is 1.67 bits per heavy atom. The summed E-state index contributed by atoms with van der Waals surface area (Å²) >= 11 is 0.0681. The van der Waals surface area contributed by atoms with Crippen LogP contribution < -0.4 is 0 Å². The summed E-state index contributed by atoms with van der Waals surface area (Å²) in [5.41, 5.74) is 0. The van der Waals surface area contributed by atoms with Gasteiger partial charge in [0, 0.05) is 0 Å². The molecule has 0 aliphatic carbocycles. The second-order valence-corrected chi connectivity index (χ2v) is 7.59. The summed E-state index contributed by atoms with van der Waals surface area (Å²) in [5.74, 6) is 0. The van der Waals surface area contributed by atoms with Crippen molar-refractivity contribution in [3.8, 4) is 0 Å². The van der Waals surface area contributed by atoms with Crippen molar-refractivity contribution in [3.63, 3.8) is 0 Å². The molecular weight excluding hydrogens is 305 g/mol. The van der Waals surface area contributed by atoms with Crippen LogP contribution in [-0.2, 0) is 0 Å². The van der Waals surface area contributed by atoms with E-state index in [-0.39, 0.29) is 23.2 Å². The number of hydrogen-bond acceptors (Lipinski definition) is 0.